The van der Waals surface area contributed by atoms with Crippen molar-refractivity contribution in [2.45, 2.75) is 58.5 Å². The van der Waals surface area contributed by atoms with Crippen molar-refractivity contribution < 1.29 is 14.0 Å². The van der Waals surface area contributed by atoms with Gasteiger partial charge in [0.2, 0.25) is 5.91 Å². The first-order valence-corrected chi connectivity index (χ1v) is 8.74. The van der Waals surface area contributed by atoms with Crippen molar-refractivity contribution in [1.82, 2.24) is 10.6 Å². The second-order valence-corrected chi connectivity index (χ2v) is 7.14. The van der Waals surface area contributed by atoms with Crippen molar-refractivity contribution in [3.05, 3.63) is 35.6 Å². The molecule has 132 valence electrons. The molecule has 0 saturated heterocycles. The molecule has 2 rings (SSSR count). The fourth-order valence-corrected chi connectivity index (χ4v) is 3.09. The third-order valence-corrected chi connectivity index (χ3v) is 4.72. The topological polar surface area (TPSA) is 58.2 Å². The molecule has 0 heterocycles. The summed E-state index contributed by atoms with van der Waals surface area (Å²) in [5, 5.41) is 5.73. The minimum atomic E-state index is -0.670. The number of nitrogens with one attached hydrogen (secondary N) is 2. The van der Waals surface area contributed by atoms with E-state index in [4.69, 9.17) is 0 Å². The van der Waals surface area contributed by atoms with E-state index < -0.39 is 17.8 Å². The van der Waals surface area contributed by atoms with Crippen molar-refractivity contribution >= 4 is 11.8 Å². The summed E-state index contributed by atoms with van der Waals surface area (Å²) in [5.41, 5.74) is -0.0394. The molecule has 1 fully saturated rings. The third-order valence-electron chi connectivity index (χ3n) is 4.72. The maximum Gasteiger partial charge on any atom is 0.254 e. The molecule has 1 unspecified atom stereocenters. The Labute approximate surface area is 143 Å². The van der Waals surface area contributed by atoms with Crippen molar-refractivity contribution in [2.75, 3.05) is 0 Å². The highest BCUT2D eigenvalue weighted by Gasteiger charge is 2.28. The zero-order valence-electron chi connectivity index (χ0n) is 14.6. The van der Waals surface area contributed by atoms with E-state index in [-0.39, 0.29) is 23.4 Å². The lowest BCUT2D eigenvalue weighted by Gasteiger charge is -2.29. The molecule has 2 N–H and O–H groups in total. The van der Waals surface area contributed by atoms with Crippen LogP contribution in [-0.4, -0.2) is 23.9 Å². The van der Waals surface area contributed by atoms with Crippen molar-refractivity contribution in [3.8, 4) is 0 Å². The largest absolute Gasteiger partial charge is 0.352 e. The monoisotopic (exact) mass is 334 g/mol. The van der Waals surface area contributed by atoms with Crippen LogP contribution in [0, 0.1) is 17.7 Å². The van der Waals surface area contributed by atoms with Crippen molar-refractivity contribution in [3.63, 3.8) is 0 Å². The number of rotatable bonds is 5. The Morgan fingerprint density at radius 2 is 1.75 bits per heavy atom. The molecule has 1 aliphatic rings. The molecule has 0 aliphatic heterocycles. The quantitative estimate of drug-likeness (QED) is 0.868. The van der Waals surface area contributed by atoms with Gasteiger partial charge in [-0.3, -0.25) is 9.59 Å². The summed E-state index contributed by atoms with van der Waals surface area (Å²) in [7, 11) is 0. The highest BCUT2D eigenvalue weighted by atomic mass is 19.1. The molecule has 5 heteroatoms. The first-order valence-electron chi connectivity index (χ1n) is 8.74. The lowest BCUT2D eigenvalue weighted by Crippen LogP contribution is -2.52. The summed E-state index contributed by atoms with van der Waals surface area (Å²) in [5.74, 6) is -0.698. The number of benzene rings is 1. The van der Waals surface area contributed by atoms with Gasteiger partial charge in [-0.15, -0.1) is 0 Å². The van der Waals surface area contributed by atoms with Gasteiger partial charge in [-0.05, 0) is 49.7 Å². The lowest BCUT2D eigenvalue weighted by molar-refractivity contribution is -0.124. The van der Waals surface area contributed by atoms with Crippen LogP contribution in [0.5, 0.6) is 0 Å². The Balaban J connectivity index is 1.99. The number of halogens is 1. The average Bonchev–Trinajstić information content (AvgIpc) is 2.54. The minimum absolute atomic E-state index is 0.0394. The summed E-state index contributed by atoms with van der Waals surface area (Å²) in [4.78, 5) is 24.9. The van der Waals surface area contributed by atoms with Crippen LogP contribution in [0.25, 0.3) is 0 Å². The summed E-state index contributed by atoms with van der Waals surface area (Å²) >= 11 is 0. The first-order chi connectivity index (χ1) is 11.4. The number of hydrogen-bond acceptors (Lipinski definition) is 2. The number of hydrogen-bond donors (Lipinski definition) is 2. The first kappa shape index (κ1) is 18.4. The number of carbonyl (C=O) groups is 2. The van der Waals surface area contributed by atoms with Crippen LogP contribution in [-0.2, 0) is 4.79 Å². The zero-order chi connectivity index (χ0) is 17.7. The van der Waals surface area contributed by atoms with Gasteiger partial charge in [-0.1, -0.05) is 32.9 Å². The Bertz CT molecular complexity index is 580. The molecule has 0 radical (unpaired) electrons. The summed E-state index contributed by atoms with van der Waals surface area (Å²) in [6.45, 7) is 5.97. The van der Waals surface area contributed by atoms with Crippen LogP contribution >= 0.6 is 0 Å². The molecule has 0 spiro atoms. The van der Waals surface area contributed by atoms with Crippen molar-refractivity contribution in [1.29, 1.82) is 0 Å². The molecule has 2 amide bonds. The summed E-state index contributed by atoms with van der Waals surface area (Å²) in [6.07, 6.45) is 4.16. The number of amides is 2. The highest BCUT2D eigenvalue weighted by molar-refractivity contribution is 5.97. The Hall–Kier alpha value is -1.91. The van der Waals surface area contributed by atoms with Gasteiger partial charge in [-0.2, -0.15) is 0 Å². The van der Waals surface area contributed by atoms with Crippen LogP contribution in [0.1, 0.15) is 56.8 Å². The van der Waals surface area contributed by atoms with Gasteiger partial charge >= 0.3 is 0 Å². The summed E-state index contributed by atoms with van der Waals surface area (Å²) in [6, 6.07) is 5.29. The van der Waals surface area contributed by atoms with E-state index in [2.05, 4.69) is 17.6 Å². The third kappa shape index (κ3) is 4.79. The maximum absolute atomic E-state index is 13.7. The second kappa shape index (κ2) is 8.27. The van der Waals surface area contributed by atoms with E-state index in [1.54, 1.807) is 6.07 Å². The van der Waals surface area contributed by atoms with E-state index >= 15 is 0 Å². The van der Waals surface area contributed by atoms with Gasteiger partial charge in [0.15, 0.2) is 0 Å². The SMILES string of the molecule is CC1CCC(NC(=O)C(NC(=O)c2ccccc2F)C(C)C)CC1. The molecular formula is C19H27FN2O2. The van der Waals surface area contributed by atoms with Crippen LogP contribution in [0.4, 0.5) is 4.39 Å². The predicted octanol–water partition coefficient (Wildman–Crippen LogP) is 3.28. The van der Waals surface area contributed by atoms with Crippen molar-refractivity contribution in [2.24, 2.45) is 11.8 Å². The standard InChI is InChI=1S/C19H27FN2O2/c1-12(2)17(19(24)21-14-10-8-13(3)9-11-14)22-18(23)15-6-4-5-7-16(15)20/h4-7,12-14,17H,8-11H2,1-3H3,(H,21,24)(H,22,23). The molecule has 0 bridgehead atoms. The van der Waals surface area contributed by atoms with Gasteiger partial charge in [-0.25, -0.2) is 4.39 Å². The maximum atomic E-state index is 13.7. The molecule has 0 aromatic heterocycles. The molecule has 1 saturated carbocycles. The second-order valence-electron chi connectivity index (χ2n) is 7.14. The van der Waals surface area contributed by atoms with Crippen LogP contribution in [0.3, 0.4) is 0 Å². The molecule has 1 aromatic rings. The minimum Gasteiger partial charge on any atom is -0.352 e. The molecule has 4 nitrogen and oxygen atoms in total. The van der Waals surface area contributed by atoms with Gasteiger partial charge in [0.05, 0.1) is 5.56 Å². The van der Waals surface area contributed by atoms with Gasteiger partial charge in [0.25, 0.3) is 5.91 Å². The molecule has 1 aromatic carbocycles. The van der Waals surface area contributed by atoms with Gasteiger partial charge in [0.1, 0.15) is 11.9 Å². The van der Waals surface area contributed by atoms with Gasteiger partial charge < -0.3 is 10.6 Å². The Morgan fingerprint density at radius 3 is 2.33 bits per heavy atom. The van der Waals surface area contributed by atoms with E-state index in [1.165, 1.54) is 18.2 Å². The zero-order valence-corrected chi connectivity index (χ0v) is 14.6. The van der Waals surface area contributed by atoms with Gasteiger partial charge in [0, 0.05) is 6.04 Å². The van der Waals surface area contributed by atoms with Crippen LogP contribution in [0.15, 0.2) is 24.3 Å². The average molecular weight is 334 g/mol. The number of carbonyl (C=O) groups excluding carboxylic acids is 2. The fourth-order valence-electron chi connectivity index (χ4n) is 3.09. The highest BCUT2D eigenvalue weighted by Crippen LogP contribution is 2.23. The Kier molecular flexibility index (Phi) is 6.35. The fraction of sp³-hybridized carbons (Fsp3) is 0.579. The predicted molar refractivity (Wildman–Crippen MR) is 92.1 cm³/mol. The molecule has 24 heavy (non-hydrogen) atoms. The molecule has 1 aliphatic carbocycles. The van der Waals surface area contributed by atoms with E-state index in [1.807, 2.05) is 13.8 Å². The smallest absolute Gasteiger partial charge is 0.254 e. The Morgan fingerprint density at radius 1 is 1.12 bits per heavy atom. The molecule has 1 atom stereocenters. The normalized spacial score (nSPS) is 22.0. The van der Waals surface area contributed by atoms with Crippen LogP contribution in [0.2, 0.25) is 0 Å². The van der Waals surface area contributed by atoms with E-state index in [0.717, 1.165) is 25.7 Å². The van der Waals surface area contributed by atoms with E-state index in [0.29, 0.717) is 5.92 Å². The summed E-state index contributed by atoms with van der Waals surface area (Å²) < 4.78 is 13.7. The van der Waals surface area contributed by atoms with E-state index in [9.17, 15) is 14.0 Å². The molecular weight excluding hydrogens is 307 g/mol. The lowest BCUT2D eigenvalue weighted by atomic mass is 9.87. The van der Waals surface area contributed by atoms with Crippen LogP contribution < -0.4 is 10.6 Å².